The second kappa shape index (κ2) is 13.7. The highest BCUT2D eigenvalue weighted by Crippen LogP contribution is 2.21. The summed E-state index contributed by atoms with van der Waals surface area (Å²) >= 11 is 0. The second-order valence-corrected chi connectivity index (χ2v) is 10.4. The number of hydrogen-bond acceptors (Lipinski definition) is 6. The van der Waals surface area contributed by atoms with E-state index in [-0.39, 0.29) is 19.3 Å². The van der Waals surface area contributed by atoms with Gasteiger partial charge in [-0.3, -0.25) is 19.2 Å². The van der Waals surface area contributed by atoms with Crippen LogP contribution in [0.3, 0.4) is 0 Å². The minimum absolute atomic E-state index is 0.0199. The zero-order chi connectivity index (χ0) is 31.1. The molecular formula is C30H34N6O7. The third kappa shape index (κ3) is 7.77. The van der Waals surface area contributed by atoms with Crippen LogP contribution in [0.4, 0.5) is 0 Å². The topological polar surface area (TPSA) is 219 Å². The maximum Gasteiger partial charge on any atom is 0.326 e. The number of aromatic amines is 2. The van der Waals surface area contributed by atoms with Gasteiger partial charge in [-0.2, -0.15) is 0 Å². The maximum absolute atomic E-state index is 13.7. The number of carboxylic acid groups (broad SMARTS) is 2. The number of benzene rings is 2. The molecule has 9 N–H and O–H groups in total. The van der Waals surface area contributed by atoms with E-state index < -0.39 is 60.2 Å². The van der Waals surface area contributed by atoms with Crippen LogP contribution in [0.5, 0.6) is 0 Å². The number of fused-ring (bicyclic) bond motifs is 2. The van der Waals surface area contributed by atoms with Crippen molar-refractivity contribution in [2.75, 3.05) is 0 Å². The molecule has 4 aromatic rings. The van der Waals surface area contributed by atoms with E-state index in [4.69, 9.17) is 10.8 Å². The molecule has 4 atom stereocenters. The molecule has 0 spiro atoms. The normalized spacial score (nSPS) is 14.0. The van der Waals surface area contributed by atoms with Gasteiger partial charge in [0, 0.05) is 53.5 Å². The van der Waals surface area contributed by atoms with E-state index in [1.54, 1.807) is 12.4 Å². The van der Waals surface area contributed by atoms with Crippen LogP contribution in [-0.4, -0.2) is 74.0 Å². The number of carbonyl (C=O) groups is 5. The van der Waals surface area contributed by atoms with Crippen molar-refractivity contribution in [2.45, 2.75) is 56.8 Å². The van der Waals surface area contributed by atoms with Crippen molar-refractivity contribution in [1.82, 2.24) is 25.9 Å². The predicted octanol–water partition coefficient (Wildman–Crippen LogP) is 1.19. The molecule has 0 aliphatic rings. The van der Waals surface area contributed by atoms with Crippen LogP contribution < -0.4 is 21.7 Å². The Morgan fingerprint density at radius 2 is 1.19 bits per heavy atom. The third-order valence-electron chi connectivity index (χ3n) is 7.14. The Morgan fingerprint density at radius 1 is 0.721 bits per heavy atom. The molecule has 0 aliphatic heterocycles. The van der Waals surface area contributed by atoms with Crippen molar-refractivity contribution in [3.05, 3.63) is 72.1 Å². The lowest BCUT2D eigenvalue weighted by Gasteiger charge is -2.25. The van der Waals surface area contributed by atoms with E-state index in [0.717, 1.165) is 21.8 Å². The maximum atomic E-state index is 13.7. The molecule has 0 bridgehead atoms. The van der Waals surface area contributed by atoms with Gasteiger partial charge in [0.25, 0.3) is 0 Å². The average Bonchev–Trinajstić information content (AvgIpc) is 3.58. The minimum atomic E-state index is -1.32. The van der Waals surface area contributed by atoms with Crippen molar-refractivity contribution in [3.8, 4) is 0 Å². The van der Waals surface area contributed by atoms with Crippen LogP contribution >= 0.6 is 0 Å². The number of aliphatic carboxylic acids is 2. The molecule has 13 heteroatoms. The molecule has 13 nitrogen and oxygen atoms in total. The number of nitrogens with one attached hydrogen (secondary N) is 5. The smallest absolute Gasteiger partial charge is 0.326 e. The number of carboxylic acids is 2. The number of aromatic nitrogens is 2. The number of H-pyrrole nitrogens is 2. The zero-order valence-corrected chi connectivity index (χ0v) is 23.4. The van der Waals surface area contributed by atoms with Gasteiger partial charge in [-0.25, -0.2) is 4.79 Å². The molecule has 226 valence electrons. The molecule has 0 saturated heterocycles. The fourth-order valence-corrected chi connectivity index (χ4v) is 4.83. The summed E-state index contributed by atoms with van der Waals surface area (Å²) in [6.45, 7) is 1.41. The monoisotopic (exact) mass is 590 g/mol. The van der Waals surface area contributed by atoms with Gasteiger partial charge >= 0.3 is 11.9 Å². The quantitative estimate of drug-likeness (QED) is 0.106. The highest BCUT2D eigenvalue weighted by Gasteiger charge is 2.31. The number of amides is 3. The van der Waals surface area contributed by atoms with E-state index in [0.29, 0.717) is 11.1 Å². The van der Waals surface area contributed by atoms with Crippen molar-refractivity contribution < 1.29 is 34.2 Å². The molecule has 0 radical (unpaired) electrons. The van der Waals surface area contributed by atoms with Gasteiger partial charge in [-0.05, 0) is 36.6 Å². The first kappa shape index (κ1) is 30.8. The summed E-state index contributed by atoms with van der Waals surface area (Å²) in [5.41, 5.74) is 8.61. The van der Waals surface area contributed by atoms with Crippen molar-refractivity contribution in [2.24, 2.45) is 5.73 Å². The summed E-state index contributed by atoms with van der Waals surface area (Å²) in [5, 5.41) is 28.4. The molecule has 2 heterocycles. The first-order chi connectivity index (χ1) is 20.5. The number of nitrogens with two attached hydrogens (primary N) is 1. The SMILES string of the molecule is CC(N)C(=O)NC(CCC(=O)O)C(=O)NC(Cc1c[nH]c2ccccc12)C(=O)NC(Cc1c[nH]c2ccccc12)C(=O)O. The van der Waals surface area contributed by atoms with Crippen molar-refractivity contribution >= 4 is 51.5 Å². The summed E-state index contributed by atoms with van der Waals surface area (Å²) in [7, 11) is 0. The van der Waals surface area contributed by atoms with Gasteiger partial charge in [0.05, 0.1) is 6.04 Å². The predicted molar refractivity (Wildman–Crippen MR) is 158 cm³/mol. The summed E-state index contributed by atoms with van der Waals surface area (Å²) in [6, 6.07) is 9.86. The van der Waals surface area contributed by atoms with Crippen molar-refractivity contribution in [3.63, 3.8) is 0 Å². The van der Waals surface area contributed by atoms with E-state index in [2.05, 4.69) is 25.9 Å². The molecule has 0 saturated carbocycles. The van der Waals surface area contributed by atoms with Crippen LogP contribution in [-0.2, 0) is 36.8 Å². The average molecular weight is 591 g/mol. The molecule has 3 amide bonds. The molecule has 0 fully saturated rings. The highest BCUT2D eigenvalue weighted by atomic mass is 16.4. The van der Waals surface area contributed by atoms with Crippen LogP contribution in [0.1, 0.15) is 30.9 Å². The van der Waals surface area contributed by atoms with Gasteiger partial charge in [-0.15, -0.1) is 0 Å². The van der Waals surface area contributed by atoms with Crippen LogP contribution in [0.15, 0.2) is 60.9 Å². The van der Waals surface area contributed by atoms with Crippen LogP contribution in [0, 0.1) is 0 Å². The van der Waals surface area contributed by atoms with Gasteiger partial charge < -0.3 is 41.9 Å². The summed E-state index contributed by atoms with van der Waals surface area (Å²) in [6.07, 6.45) is 2.66. The Labute approximate surface area is 246 Å². The molecular weight excluding hydrogens is 556 g/mol. The first-order valence-electron chi connectivity index (χ1n) is 13.7. The Kier molecular flexibility index (Phi) is 9.78. The fraction of sp³-hybridized carbons (Fsp3) is 0.300. The Bertz CT molecular complexity index is 1640. The van der Waals surface area contributed by atoms with E-state index in [1.165, 1.54) is 6.92 Å². The lowest BCUT2D eigenvalue weighted by molar-refractivity contribution is -0.142. The molecule has 4 rings (SSSR count). The van der Waals surface area contributed by atoms with E-state index in [9.17, 15) is 29.1 Å². The highest BCUT2D eigenvalue weighted by molar-refractivity contribution is 5.95. The fourth-order valence-electron chi connectivity index (χ4n) is 4.83. The first-order valence-corrected chi connectivity index (χ1v) is 13.7. The molecule has 2 aromatic carbocycles. The Balaban J connectivity index is 1.59. The number of rotatable bonds is 14. The van der Waals surface area contributed by atoms with Gasteiger partial charge in [0.2, 0.25) is 17.7 Å². The standard InChI is InChI=1S/C30H34N6O7/c1-16(31)27(39)34-23(10-11-26(37)38)28(40)35-24(12-17-14-32-21-8-4-2-6-19(17)21)29(41)36-25(30(42)43)13-18-15-33-22-9-5-3-7-20(18)22/h2-9,14-16,23-25,32-33H,10-13,31H2,1H3,(H,34,39)(H,35,40)(H,36,41)(H,37,38)(H,42,43). The van der Waals surface area contributed by atoms with Crippen LogP contribution in [0.25, 0.3) is 21.8 Å². The molecule has 0 aliphatic carbocycles. The zero-order valence-electron chi connectivity index (χ0n) is 23.4. The van der Waals surface area contributed by atoms with Gasteiger partial charge in [-0.1, -0.05) is 36.4 Å². The summed E-state index contributed by atoms with van der Waals surface area (Å²) in [4.78, 5) is 69.0. The Hall–Kier alpha value is -5.17. The van der Waals surface area contributed by atoms with Gasteiger partial charge in [0.15, 0.2) is 0 Å². The van der Waals surface area contributed by atoms with E-state index in [1.807, 2.05) is 48.5 Å². The summed E-state index contributed by atoms with van der Waals surface area (Å²) in [5.74, 6) is -4.69. The number of para-hydroxylation sites is 2. The number of hydrogen-bond donors (Lipinski definition) is 8. The summed E-state index contributed by atoms with van der Waals surface area (Å²) < 4.78 is 0. The van der Waals surface area contributed by atoms with Crippen LogP contribution in [0.2, 0.25) is 0 Å². The lowest BCUT2D eigenvalue weighted by atomic mass is 10.0. The third-order valence-corrected chi connectivity index (χ3v) is 7.14. The van der Waals surface area contributed by atoms with Crippen molar-refractivity contribution in [1.29, 1.82) is 0 Å². The molecule has 43 heavy (non-hydrogen) atoms. The number of carbonyl (C=O) groups excluding carboxylic acids is 3. The minimum Gasteiger partial charge on any atom is -0.481 e. The lowest BCUT2D eigenvalue weighted by Crippen LogP contribution is -2.57. The second-order valence-electron chi connectivity index (χ2n) is 10.4. The van der Waals surface area contributed by atoms with Gasteiger partial charge in [0.1, 0.15) is 18.1 Å². The molecule has 2 aromatic heterocycles. The largest absolute Gasteiger partial charge is 0.481 e. The van der Waals surface area contributed by atoms with E-state index >= 15 is 0 Å². The Morgan fingerprint density at radius 3 is 1.70 bits per heavy atom. The molecule has 4 unspecified atom stereocenters.